The van der Waals surface area contributed by atoms with E-state index < -0.39 is 0 Å². The Bertz CT molecular complexity index is 443. The average Bonchev–Trinajstić information content (AvgIpc) is 3.26. The van der Waals surface area contributed by atoms with Crippen LogP contribution < -0.4 is 5.32 Å². The number of ether oxygens (including phenoxy) is 1. The van der Waals surface area contributed by atoms with Gasteiger partial charge in [0, 0.05) is 19.3 Å². The molecular formula is C17H25NO2. The number of hydrogen-bond acceptors (Lipinski definition) is 3. The molecule has 1 unspecified atom stereocenters. The van der Waals surface area contributed by atoms with Crippen molar-refractivity contribution in [3.8, 4) is 5.75 Å². The van der Waals surface area contributed by atoms with Crippen molar-refractivity contribution in [2.75, 3.05) is 19.8 Å². The van der Waals surface area contributed by atoms with Gasteiger partial charge in [-0.2, -0.15) is 0 Å². The fourth-order valence-corrected chi connectivity index (χ4v) is 3.00. The van der Waals surface area contributed by atoms with Gasteiger partial charge in [-0.15, -0.1) is 0 Å². The van der Waals surface area contributed by atoms with Crippen molar-refractivity contribution in [3.63, 3.8) is 0 Å². The van der Waals surface area contributed by atoms with Gasteiger partial charge in [0.25, 0.3) is 0 Å². The Morgan fingerprint density at radius 2 is 2.15 bits per heavy atom. The molecule has 1 atom stereocenters. The lowest BCUT2D eigenvalue weighted by Gasteiger charge is -2.26. The van der Waals surface area contributed by atoms with Crippen LogP contribution in [0.15, 0.2) is 18.2 Å². The third-order valence-electron chi connectivity index (χ3n) is 4.35. The maximum absolute atomic E-state index is 9.56. The highest BCUT2D eigenvalue weighted by molar-refractivity contribution is 5.38. The second-order valence-corrected chi connectivity index (χ2v) is 6.15. The summed E-state index contributed by atoms with van der Waals surface area (Å²) < 4.78 is 5.66. The third kappa shape index (κ3) is 3.74. The van der Waals surface area contributed by atoms with Gasteiger partial charge in [-0.05, 0) is 74.2 Å². The Morgan fingerprint density at radius 1 is 1.25 bits per heavy atom. The third-order valence-corrected chi connectivity index (χ3v) is 4.35. The van der Waals surface area contributed by atoms with Crippen molar-refractivity contribution in [2.45, 2.75) is 44.6 Å². The first-order valence-electron chi connectivity index (χ1n) is 7.96. The number of aryl methyl sites for hydroxylation is 1. The molecule has 2 aliphatic rings. The van der Waals surface area contributed by atoms with E-state index in [-0.39, 0.29) is 0 Å². The molecule has 0 radical (unpaired) electrons. The Labute approximate surface area is 121 Å². The lowest BCUT2D eigenvalue weighted by atomic mass is 9.87. The van der Waals surface area contributed by atoms with Gasteiger partial charge in [0.05, 0.1) is 0 Å². The molecule has 3 nitrogen and oxygen atoms in total. The molecule has 0 bridgehead atoms. The predicted molar refractivity (Wildman–Crippen MR) is 79.9 cm³/mol. The van der Waals surface area contributed by atoms with Crippen LogP contribution in [0.2, 0.25) is 0 Å². The summed E-state index contributed by atoms with van der Waals surface area (Å²) in [6, 6.07) is 6.24. The van der Waals surface area contributed by atoms with Crippen LogP contribution in [0.3, 0.4) is 0 Å². The minimum Gasteiger partial charge on any atom is -0.508 e. The first-order chi connectivity index (χ1) is 9.83. The van der Waals surface area contributed by atoms with Gasteiger partial charge in [0.1, 0.15) is 5.75 Å². The smallest absolute Gasteiger partial charge is 0.115 e. The van der Waals surface area contributed by atoms with Crippen molar-refractivity contribution < 1.29 is 9.84 Å². The van der Waals surface area contributed by atoms with Gasteiger partial charge in [-0.1, -0.05) is 6.07 Å². The highest BCUT2D eigenvalue weighted by Gasteiger charge is 2.21. The summed E-state index contributed by atoms with van der Waals surface area (Å²) in [5, 5.41) is 13.2. The summed E-state index contributed by atoms with van der Waals surface area (Å²) in [6.07, 6.45) is 7.30. The standard InChI is InChI=1S/C17H25NO2/c19-15-7-8-16-14(11-15)3-1-4-17(16)18-9-2-10-20-12-13-5-6-13/h7-8,11,13,17-19H,1-6,9-10,12H2. The normalized spacial score (nSPS) is 21.7. The van der Waals surface area contributed by atoms with E-state index in [0.29, 0.717) is 11.8 Å². The van der Waals surface area contributed by atoms with E-state index in [0.717, 1.165) is 38.5 Å². The number of hydrogen-bond donors (Lipinski definition) is 2. The molecule has 1 aromatic carbocycles. The first-order valence-corrected chi connectivity index (χ1v) is 7.96. The van der Waals surface area contributed by atoms with E-state index in [1.165, 1.54) is 36.8 Å². The quantitative estimate of drug-likeness (QED) is 0.751. The molecule has 1 fully saturated rings. The molecule has 3 rings (SSSR count). The van der Waals surface area contributed by atoms with Gasteiger partial charge in [0.2, 0.25) is 0 Å². The number of rotatable bonds is 7. The van der Waals surface area contributed by atoms with E-state index in [2.05, 4.69) is 11.4 Å². The zero-order valence-electron chi connectivity index (χ0n) is 12.1. The molecule has 0 spiro atoms. The van der Waals surface area contributed by atoms with Crippen LogP contribution in [0.25, 0.3) is 0 Å². The summed E-state index contributed by atoms with van der Waals surface area (Å²) in [6.45, 7) is 2.85. The largest absolute Gasteiger partial charge is 0.508 e. The van der Waals surface area contributed by atoms with Crippen LogP contribution in [0.4, 0.5) is 0 Å². The molecule has 0 aliphatic heterocycles. The topological polar surface area (TPSA) is 41.5 Å². The number of phenols is 1. The van der Waals surface area contributed by atoms with Gasteiger partial charge in [-0.25, -0.2) is 0 Å². The molecule has 0 amide bonds. The Kier molecular flexibility index (Phi) is 4.58. The van der Waals surface area contributed by atoms with Crippen molar-refractivity contribution in [3.05, 3.63) is 29.3 Å². The van der Waals surface area contributed by atoms with Crippen LogP contribution in [-0.2, 0) is 11.2 Å². The second-order valence-electron chi connectivity index (χ2n) is 6.15. The van der Waals surface area contributed by atoms with Crippen molar-refractivity contribution in [1.82, 2.24) is 5.32 Å². The van der Waals surface area contributed by atoms with Crippen molar-refractivity contribution in [2.24, 2.45) is 5.92 Å². The van der Waals surface area contributed by atoms with E-state index in [9.17, 15) is 5.11 Å². The second kappa shape index (κ2) is 6.59. The molecule has 3 heteroatoms. The maximum Gasteiger partial charge on any atom is 0.115 e. The maximum atomic E-state index is 9.56. The number of benzene rings is 1. The molecule has 110 valence electrons. The SMILES string of the molecule is Oc1ccc2c(c1)CCCC2NCCCOCC1CC1. The fraction of sp³-hybridized carbons (Fsp3) is 0.647. The molecule has 0 heterocycles. The summed E-state index contributed by atoms with van der Waals surface area (Å²) in [4.78, 5) is 0. The molecular weight excluding hydrogens is 250 g/mol. The summed E-state index contributed by atoms with van der Waals surface area (Å²) >= 11 is 0. The molecule has 2 aliphatic carbocycles. The number of aromatic hydroxyl groups is 1. The zero-order chi connectivity index (χ0) is 13.8. The molecule has 1 saturated carbocycles. The summed E-state index contributed by atoms with van der Waals surface area (Å²) in [7, 11) is 0. The lowest BCUT2D eigenvalue weighted by Crippen LogP contribution is -2.26. The van der Waals surface area contributed by atoms with Gasteiger partial charge < -0.3 is 15.2 Å². The van der Waals surface area contributed by atoms with Crippen LogP contribution in [0.5, 0.6) is 5.75 Å². The zero-order valence-corrected chi connectivity index (χ0v) is 12.1. The molecule has 1 aromatic rings. The van der Waals surface area contributed by atoms with Crippen LogP contribution in [0, 0.1) is 5.92 Å². The minimum absolute atomic E-state index is 0.387. The van der Waals surface area contributed by atoms with E-state index >= 15 is 0 Å². The summed E-state index contributed by atoms with van der Waals surface area (Å²) in [5.74, 6) is 1.25. The van der Waals surface area contributed by atoms with Crippen LogP contribution >= 0.6 is 0 Å². The van der Waals surface area contributed by atoms with Gasteiger partial charge >= 0.3 is 0 Å². The van der Waals surface area contributed by atoms with Crippen LogP contribution in [0.1, 0.15) is 49.3 Å². The fourth-order valence-electron chi connectivity index (χ4n) is 3.00. The monoisotopic (exact) mass is 275 g/mol. The van der Waals surface area contributed by atoms with Gasteiger partial charge in [-0.3, -0.25) is 0 Å². The molecule has 2 N–H and O–H groups in total. The molecule has 0 aromatic heterocycles. The van der Waals surface area contributed by atoms with Crippen molar-refractivity contribution >= 4 is 0 Å². The Morgan fingerprint density at radius 3 is 3.00 bits per heavy atom. The van der Waals surface area contributed by atoms with E-state index in [1.807, 2.05) is 6.07 Å². The lowest BCUT2D eigenvalue weighted by molar-refractivity contribution is 0.121. The van der Waals surface area contributed by atoms with Crippen molar-refractivity contribution in [1.29, 1.82) is 0 Å². The van der Waals surface area contributed by atoms with Crippen LogP contribution in [-0.4, -0.2) is 24.9 Å². The van der Waals surface area contributed by atoms with Gasteiger partial charge in [0.15, 0.2) is 0 Å². The highest BCUT2D eigenvalue weighted by atomic mass is 16.5. The Hall–Kier alpha value is -1.06. The number of fused-ring (bicyclic) bond motifs is 1. The number of nitrogens with one attached hydrogen (secondary N) is 1. The number of phenolic OH excluding ortho intramolecular Hbond substituents is 1. The Balaban J connectivity index is 1.41. The average molecular weight is 275 g/mol. The summed E-state index contributed by atoms with van der Waals surface area (Å²) in [5.41, 5.74) is 2.67. The molecule has 20 heavy (non-hydrogen) atoms. The van der Waals surface area contributed by atoms with E-state index in [4.69, 9.17) is 4.74 Å². The first kappa shape index (κ1) is 13.9. The minimum atomic E-state index is 0.387. The predicted octanol–water partition coefficient (Wildman–Crippen LogP) is 3.18. The van der Waals surface area contributed by atoms with E-state index in [1.54, 1.807) is 6.07 Å². The molecule has 0 saturated heterocycles. The highest BCUT2D eigenvalue weighted by Crippen LogP contribution is 2.31.